The fourth-order valence-electron chi connectivity index (χ4n) is 4.43. The van der Waals surface area contributed by atoms with Crippen LogP contribution in [0.25, 0.3) is 0 Å². The number of carbonyl (C=O) groups excluding carboxylic acids is 2. The summed E-state index contributed by atoms with van der Waals surface area (Å²) in [5.74, 6) is 0.530. The molecule has 5 rings (SSSR count). The van der Waals surface area contributed by atoms with Crippen LogP contribution in [0.2, 0.25) is 0 Å². The number of ether oxygens (including phenoxy) is 1. The number of hydrogen-bond acceptors (Lipinski definition) is 3. The van der Waals surface area contributed by atoms with E-state index >= 15 is 0 Å². The Morgan fingerprint density at radius 2 is 1.90 bits per heavy atom. The smallest absolute Gasteiger partial charge is 0.325 e. The molecule has 0 spiro atoms. The minimum absolute atomic E-state index is 0.105. The number of urea groups is 1. The van der Waals surface area contributed by atoms with Crippen molar-refractivity contribution in [1.82, 2.24) is 5.32 Å². The molecule has 0 unspecified atom stereocenters. The van der Waals surface area contributed by atoms with Gasteiger partial charge in [0.05, 0.1) is 11.7 Å². The van der Waals surface area contributed by atoms with Gasteiger partial charge in [-0.25, -0.2) is 4.79 Å². The third kappa shape index (κ3) is 3.40. The first-order chi connectivity index (χ1) is 14.9. The van der Waals surface area contributed by atoms with E-state index in [1.54, 1.807) is 23.1 Å². The number of anilines is 2. The van der Waals surface area contributed by atoms with Crippen molar-refractivity contribution in [2.24, 2.45) is 0 Å². The van der Waals surface area contributed by atoms with Gasteiger partial charge in [-0.3, -0.25) is 9.69 Å². The number of rotatable bonds is 3. The zero-order valence-electron chi connectivity index (χ0n) is 17.4. The molecule has 0 aliphatic carbocycles. The molecule has 2 N–H and O–H groups in total. The van der Waals surface area contributed by atoms with Crippen LogP contribution in [0.1, 0.15) is 40.9 Å². The SMILES string of the molecule is Cc1cccc(NC(=O)c2cccc(N3C(=O)N[C@H]4C[C@@]3(C)Oc3ccccc34)c2)c1. The van der Waals surface area contributed by atoms with Gasteiger partial charge in [0.25, 0.3) is 5.91 Å². The number of nitrogens with zero attached hydrogens (tertiary/aromatic N) is 1. The quantitative estimate of drug-likeness (QED) is 0.634. The van der Waals surface area contributed by atoms with Crippen molar-refractivity contribution in [3.05, 3.63) is 89.5 Å². The molecule has 0 aromatic heterocycles. The number of nitrogens with one attached hydrogen (secondary N) is 2. The topological polar surface area (TPSA) is 70.7 Å². The summed E-state index contributed by atoms with van der Waals surface area (Å²) >= 11 is 0. The number of hydrogen-bond donors (Lipinski definition) is 2. The van der Waals surface area contributed by atoms with Crippen molar-refractivity contribution < 1.29 is 14.3 Å². The van der Waals surface area contributed by atoms with E-state index in [0.29, 0.717) is 17.7 Å². The van der Waals surface area contributed by atoms with E-state index in [4.69, 9.17) is 4.74 Å². The lowest BCUT2D eigenvalue weighted by atomic mass is 9.90. The number of aryl methyl sites for hydroxylation is 1. The van der Waals surface area contributed by atoms with Crippen LogP contribution < -0.4 is 20.3 Å². The molecule has 3 aromatic rings. The van der Waals surface area contributed by atoms with Crippen LogP contribution in [0, 0.1) is 6.92 Å². The number of amides is 3. The number of fused-ring (bicyclic) bond motifs is 4. The minimum atomic E-state index is -0.854. The van der Waals surface area contributed by atoms with Crippen molar-refractivity contribution in [2.45, 2.75) is 32.0 Å². The molecule has 6 nitrogen and oxygen atoms in total. The molecule has 3 amide bonds. The average Bonchev–Trinajstić information content (AvgIpc) is 2.73. The fraction of sp³-hybridized carbons (Fsp3) is 0.200. The van der Waals surface area contributed by atoms with Gasteiger partial charge in [-0.05, 0) is 55.8 Å². The maximum absolute atomic E-state index is 13.1. The molecule has 2 heterocycles. The molecule has 1 saturated heterocycles. The lowest BCUT2D eigenvalue weighted by Gasteiger charge is -2.50. The van der Waals surface area contributed by atoms with E-state index in [2.05, 4.69) is 10.6 Å². The van der Waals surface area contributed by atoms with Crippen molar-refractivity contribution >= 4 is 23.3 Å². The third-order valence-corrected chi connectivity index (χ3v) is 5.82. The molecule has 3 aromatic carbocycles. The number of benzene rings is 3. The molecule has 2 aliphatic heterocycles. The third-order valence-electron chi connectivity index (χ3n) is 5.82. The Morgan fingerprint density at radius 3 is 2.74 bits per heavy atom. The molecule has 6 heteroatoms. The van der Waals surface area contributed by atoms with Crippen LogP contribution in [-0.4, -0.2) is 17.7 Å². The van der Waals surface area contributed by atoms with Gasteiger partial charge in [-0.2, -0.15) is 0 Å². The maximum Gasteiger partial charge on any atom is 0.325 e. The van der Waals surface area contributed by atoms with Crippen LogP contribution in [0.4, 0.5) is 16.2 Å². The summed E-state index contributed by atoms with van der Waals surface area (Å²) in [4.78, 5) is 27.5. The van der Waals surface area contributed by atoms with E-state index in [9.17, 15) is 9.59 Å². The predicted molar refractivity (Wildman–Crippen MR) is 119 cm³/mol. The maximum atomic E-state index is 13.1. The Hall–Kier alpha value is -3.80. The Labute approximate surface area is 180 Å². The molecule has 31 heavy (non-hydrogen) atoms. The highest BCUT2D eigenvalue weighted by molar-refractivity contribution is 6.05. The molecule has 2 aliphatic rings. The van der Waals surface area contributed by atoms with Crippen molar-refractivity contribution in [1.29, 1.82) is 0 Å². The lowest BCUT2D eigenvalue weighted by Crippen LogP contribution is -2.65. The van der Waals surface area contributed by atoms with E-state index in [-0.39, 0.29) is 18.0 Å². The molecule has 0 radical (unpaired) electrons. The Morgan fingerprint density at radius 1 is 1.10 bits per heavy atom. The molecular formula is C25H23N3O3. The molecule has 1 fully saturated rings. The average molecular weight is 413 g/mol. The van der Waals surface area contributed by atoms with Crippen LogP contribution in [0.5, 0.6) is 5.75 Å². The summed E-state index contributed by atoms with van der Waals surface area (Å²) in [6.45, 7) is 3.88. The second-order valence-electron chi connectivity index (χ2n) is 8.23. The molecule has 2 bridgehead atoms. The summed E-state index contributed by atoms with van der Waals surface area (Å²) in [7, 11) is 0. The Kier molecular flexibility index (Phi) is 4.43. The largest absolute Gasteiger partial charge is 0.467 e. The van der Waals surface area contributed by atoms with Crippen molar-refractivity contribution in [2.75, 3.05) is 10.2 Å². The Balaban J connectivity index is 1.45. The van der Waals surface area contributed by atoms with E-state index in [1.165, 1.54) is 0 Å². The van der Waals surface area contributed by atoms with Crippen molar-refractivity contribution in [3.63, 3.8) is 0 Å². The van der Waals surface area contributed by atoms with E-state index in [0.717, 1.165) is 22.6 Å². The van der Waals surface area contributed by atoms with Crippen LogP contribution in [0.3, 0.4) is 0 Å². The van der Waals surface area contributed by atoms with Crippen LogP contribution >= 0.6 is 0 Å². The molecule has 156 valence electrons. The number of para-hydroxylation sites is 1. The zero-order valence-corrected chi connectivity index (χ0v) is 17.4. The van der Waals surface area contributed by atoms with E-state index in [1.807, 2.05) is 68.4 Å². The van der Waals surface area contributed by atoms with Gasteiger partial charge in [0, 0.05) is 23.2 Å². The highest BCUT2D eigenvalue weighted by atomic mass is 16.5. The zero-order chi connectivity index (χ0) is 21.6. The molecule has 2 atom stereocenters. The van der Waals surface area contributed by atoms with E-state index < -0.39 is 5.72 Å². The first-order valence-corrected chi connectivity index (χ1v) is 10.3. The first kappa shape index (κ1) is 19.2. The second kappa shape index (κ2) is 7.16. The summed E-state index contributed by atoms with van der Waals surface area (Å²) < 4.78 is 6.30. The normalized spacial score (nSPS) is 21.5. The van der Waals surface area contributed by atoms with Gasteiger partial charge in [-0.15, -0.1) is 0 Å². The first-order valence-electron chi connectivity index (χ1n) is 10.3. The van der Waals surface area contributed by atoms with Crippen molar-refractivity contribution in [3.8, 4) is 5.75 Å². The lowest BCUT2D eigenvalue weighted by molar-refractivity contribution is 0.0378. The monoisotopic (exact) mass is 413 g/mol. The Bertz CT molecular complexity index is 1190. The summed E-state index contributed by atoms with van der Waals surface area (Å²) in [6.07, 6.45) is 0.607. The van der Waals surface area contributed by atoms with Gasteiger partial charge in [0.15, 0.2) is 5.72 Å². The minimum Gasteiger partial charge on any atom is -0.467 e. The van der Waals surface area contributed by atoms with Gasteiger partial charge in [0.1, 0.15) is 5.75 Å². The van der Waals surface area contributed by atoms with Gasteiger partial charge < -0.3 is 15.4 Å². The fourth-order valence-corrected chi connectivity index (χ4v) is 4.43. The molecule has 0 saturated carbocycles. The van der Waals surface area contributed by atoms with Gasteiger partial charge >= 0.3 is 6.03 Å². The summed E-state index contributed by atoms with van der Waals surface area (Å²) in [5, 5.41) is 6.00. The van der Waals surface area contributed by atoms with Crippen LogP contribution in [0.15, 0.2) is 72.8 Å². The molecular weight excluding hydrogens is 390 g/mol. The van der Waals surface area contributed by atoms with Gasteiger partial charge in [-0.1, -0.05) is 36.4 Å². The predicted octanol–water partition coefficient (Wildman–Crippen LogP) is 5.02. The highest BCUT2D eigenvalue weighted by Crippen LogP contribution is 2.45. The highest BCUT2D eigenvalue weighted by Gasteiger charge is 2.49. The van der Waals surface area contributed by atoms with Gasteiger partial charge in [0.2, 0.25) is 0 Å². The summed E-state index contributed by atoms with van der Waals surface area (Å²) in [6, 6.07) is 22.1. The number of carbonyl (C=O) groups is 2. The summed E-state index contributed by atoms with van der Waals surface area (Å²) in [5.41, 5.74) is 3.00. The van der Waals surface area contributed by atoms with Crippen LogP contribution in [-0.2, 0) is 0 Å². The standard InChI is InChI=1S/C25H23N3O3/c1-16-7-5-9-18(13-16)26-23(29)17-8-6-10-19(14-17)28-24(30)27-21-15-25(28,2)31-22-12-4-3-11-20(21)22/h3-14,21H,15H2,1-2H3,(H,26,29)(H,27,30)/t21-,25+/m0/s1. The second-order valence-corrected chi connectivity index (χ2v) is 8.23.